The predicted octanol–water partition coefficient (Wildman–Crippen LogP) is 3.23. The molecule has 1 fully saturated rings. The summed E-state index contributed by atoms with van der Waals surface area (Å²) < 4.78 is 15.4. The van der Waals surface area contributed by atoms with Crippen LogP contribution in [0.3, 0.4) is 0 Å². The number of guanidine groups is 1. The molecule has 2 aromatic rings. The van der Waals surface area contributed by atoms with Crippen molar-refractivity contribution >= 4 is 47.4 Å². The zero-order valence-electron chi connectivity index (χ0n) is 16.5. The first-order chi connectivity index (χ1) is 13.1. The average molecular weight is 518 g/mol. The van der Waals surface area contributed by atoms with E-state index < -0.39 is 0 Å². The van der Waals surface area contributed by atoms with Crippen LogP contribution in [-0.4, -0.2) is 48.2 Å². The minimum atomic E-state index is -0.216. The number of piperidine rings is 1. The number of benzene rings is 1. The molecule has 1 aromatic heterocycles. The fraction of sp³-hybridized carbons (Fsp3) is 0.474. The standard InChI is InChI=1S/C19H27FN6S.HI/c1-21-19(22-10-14-9-15(20)6-7-18(14)27-3)24-16-5-4-8-26(12-16)17-11-23-25(2)13-17;/h6-7,9,11,13,16H,4-5,8,10,12H2,1-3H3,(H2,21,22,24);1H. The number of aryl methyl sites for hydroxylation is 1. The van der Waals surface area contributed by atoms with Crippen molar-refractivity contribution in [2.24, 2.45) is 12.0 Å². The van der Waals surface area contributed by atoms with Crippen molar-refractivity contribution in [1.29, 1.82) is 0 Å². The maximum absolute atomic E-state index is 13.6. The van der Waals surface area contributed by atoms with E-state index in [-0.39, 0.29) is 29.8 Å². The van der Waals surface area contributed by atoms with Gasteiger partial charge in [-0.05, 0) is 42.9 Å². The highest BCUT2D eigenvalue weighted by atomic mass is 127. The number of nitrogens with zero attached hydrogens (tertiary/aromatic N) is 4. The Kier molecular flexibility index (Phi) is 8.87. The molecule has 1 unspecified atom stereocenters. The van der Waals surface area contributed by atoms with Crippen LogP contribution in [0.25, 0.3) is 0 Å². The van der Waals surface area contributed by atoms with Crippen molar-refractivity contribution in [1.82, 2.24) is 20.4 Å². The second kappa shape index (κ2) is 10.9. The van der Waals surface area contributed by atoms with Crippen LogP contribution in [0.1, 0.15) is 18.4 Å². The average Bonchev–Trinajstić information content (AvgIpc) is 3.12. The van der Waals surface area contributed by atoms with E-state index in [0.717, 1.165) is 48.0 Å². The molecule has 9 heteroatoms. The smallest absolute Gasteiger partial charge is 0.191 e. The third-order valence-corrected chi connectivity index (χ3v) is 5.57. The Bertz CT molecular complexity index is 796. The summed E-state index contributed by atoms with van der Waals surface area (Å²) in [6.45, 7) is 2.48. The topological polar surface area (TPSA) is 57.5 Å². The Hall–Kier alpha value is -1.49. The molecule has 1 atom stereocenters. The molecule has 3 rings (SSSR count). The van der Waals surface area contributed by atoms with Gasteiger partial charge in [0.1, 0.15) is 5.82 Å². The molecule has 0 radical (unpaired) electrons. The van der Waals surface area contributed by atoms with Crippen molar-refractivity contribution in [3.8, 4) is 0 Å². The fourth-order valence-electron chi connectivity index (χ4n) is 3.35. The van der Waals surface area contributed by atoms with E-state index in [4.69, 9.17) is 0 Å². The van der Waals surface area contributed by atoms with Gasteiger partial charge in [0.05, 0.1) is 11.9 Å². The van der Waals surface area contributed by atoms with E-state index in [2.05, 4.69) is 25.6 Å². The van der Waals surface area contributed by atoms with Crippen LogP contribution in [0.5, 0.6) is 0 Å². The van der Waals surface area contributed by atoms with E-state index in [1.807, 2.05) is 36.4 Å². The highest BCUT2D eigenvalue weighted by Gasteiger charge is 2.21. The molecule has 1 saturated heterocycles. The first-order valence-electron chi connectivity index (χ1n) is 9.12. The normalized spacial score (nSPS) is 17.2. The highest BCUT2D eigenvalue weighted by Crippen LogP contribution is 2.21. The zero-order valence-corrected chi connectivity index (χ0v) is 19.6. The molecule has 2 heterocycles. The molecule has 6 nitrogen and oxygen atoms in total. The summed E-state index contributed by atoms with van der Waals surface area (Å²) in [4.78, 5) is 7.75. The lowest BCUT2D eigenvalue weighted by Crippen LogP contribution is -2.51. The van der Waals surface area contributed by atoms with Crippen LogP contribution >= 0.6 is 35.7 Å². The summed E-state index contributed by atoms with van der Waals surface area (Å²) in [6.07, 6.45) is 8.16. The molecule has 28 heavy (non-hydrogen) atoms. The van der Waals surface area contributed by atoms with Crippen LogP contribution in [-0.2, 0) is 13.6 Å². The van der Waals surface area contributed by atoms with Crippen LogP contribution in [0.4, 0.5) is 10.1 Å². The Morgan fingerprint density at radius 1 is 1.43 bits per heavy atom. The van der Waals surface area contributed by atoms with Gasteiger partial charge in [-0.3, -0.25) is 9.67 Å². The minimum Gasteiger partial charge on any atom is -0.367 e. The van der Waals surface area contributed by atoms with Gasteiger partial charge >= 0.3 is 0 Å². The number of thioether (sulfide) groups is 1. The molecular formula is C19H28FIN6S. The van der Waals surface area contributed by atoms with Crippen molar-refractivity contribution in [2.75, 3.05) is 31.3 Å². The minimum absolute atomic E-state index is 0. The molecule has 0 aliphatic carbocycles. The predicted molar refractivity (Wildman–Crippen MR) is 125 cm³/mol. The third-order valence-electron chi connectivity index (χ3n) is 4.73. The van der Waals surface area contributed by atoms with E-state index in [0.29, 0.717) is 12.6 Å². The first kappa shape index (κ1) is 22.8. The van der Waals surface area contributed by atoms with Gasteiger partial charge in [-0.25, -0.2) is 4.39 Å². The fourth-order valence-corrected chi connectivity index (χ4v) is 3.95. The molecule has 154 valence electrons. The lowest BCUT2D eigenvalue weighted by Gasteiger charge is -2.34. The van der Waals surface area contributed by atoms with Crippen molar-refractivity contribution in [3.05, 3.63) is 42.0 Å². The van der Waals surface area contributed by atoms with E-state index in [9.17, 15) is 4.39 Å². The molecule has 1 aliphatic rings. The summed E-state index contributed by atoms with van der Waals surface area (Å²) in [7, 11) is 3.70. The molecule has 2 N–H and O–H groups in total. The van der Waals surface area contributed by atoms with Gasteiger partial charge in [-0.2, -0.15) is 5.10 Å². The third kappa shape index (κ3) is 6.00. The number of aromatic nitrogens is 2. The summed E-state index contributed by atoms with van der Waals surface area (Å²) in [5, 5.41) is 11.1. The Balaban J connectivity index is 0.00000280. The van der Waals surface area contributed by atoms with Gasteiger partial charge in [0.25, 0.3) is 0 Å². The van der Waals surface area contributed by atoms with Crippen LogP contribution in [0.15, 0.2) is 40.5 Å². The summed E-state index contributed by atoms with van der Waals surface area (Å²) >= 11 is 1.62. The number of anilines is 1. The van der Waals surface area contributed by atoms with Crippen LogP contribution < -0.4 is 15.5 Å². The largest absolute Gasteiger partial charge is 0.367 e. The summed E-state index contributed by atoms with van der Waals surface area (Å²) in [6, 6.07) is 5.20. The quantitative estimate of drug-likeness (QED) is 0.276. The van der Waals surface area contributed by atoms with Crippen LogP contribution in [0, 0.1) is 5.82 Å². The number of hydrogen-bond acceptors (Lipinski definition) is 4. The van der Waals surface area contributed by atoms with Crippen molar-refractivity contribution < 1.29 is 4.39 Å². The monoisotopic (exact) mass is 518 g/mol. The second-order valence-electron chi connectivity index (χ2n) is 6.68. The van der Waals surface area contributed by atoms with Crippen molar-refractivity contribution in [3.63, 3.8) is 0 Å². The molecule has 1 aliphatic heterocycles. The maximum atomic E-state index is 13.6. The van der Waals surface area contributed by atoms with Gasteiger partial charge in [0.2, 0.25) is 0 Å². The van der Waals surface area contributed by atoms with Gasteiger partial charge < -0.3 is 15.5 Å². The lowest BCUT2D eigenvalue weighted by atomic mass is 10.1. The van der Waals surface area contributed by atoms with Gasteiger partial charge in [-0.15, -0.1) is 35.7 Å². The highest BCUT2D eigenvalue weighted by molar-refractivity contribution is 14.0. The Morgan fingerprint density at radius 3 is 2.93 bits per heavy atom. The van der Waals surface area contributed by atoms with E-state index in [1.54, 1.807) is 24.9 Å². The number of halogens is 2. The first-order valence-corrected chi connectivity index (χ1v) is 10.3. The number of nitrogens with one attached hydrogen (secondary N) is 2. The lowest BCUT2D eigenvalue weighted by molar-refractivity contribution is 0.468. The summed E-state index contributed by atoms with van der Waals surface area (Å²) in [5.74, 6) is 0.524. The molecule has 0 spiro atoms. The molecule has 1 aromatic carbocycles. The number of hydrogen-bond donors (Lipinski definition) is 2. The SMILES string of the molecule is CN=C(NCc1cc(F)ccc1SC)NC1CCCN(c2cnn(C)c2)C1.I. The summed E-state index contributed by atoms with van der Waals surface area (Å²) in [5.41, 5.74) is 2.09. The van der Waals surface area contributed by atoms with Gasteiger partial charge in [0, 0.05) is 50.9 Å². The number of rotatable bonds is 5. The molecule has 0 amide bonds. The molecule has 0 saturated carbocycles. The maximum Gasteiger partial charge on any atom is 0.191 e. The molecular weight excluding hydrogens is 490 g/mol. The van der Waals surface area contributed by atoms with E-state index >= 15 is 0 Å². The van der Waals surface area contributed by atoms with Gasteiger partial charge in [0.15, 0.2) is 5.96 Å². The van der Waals surface area contributed by atoms with Crippen LogP contribution in [0.2, 0.25) is 0 Å². The Labute approximate surface area is 187 Å². The van der Waals surface area contributed by atoms with E-state index in [1.165, 1.54) is 6.07 Å². The Morgan fingerprint density at radius 2 is 2.25 bits per heavy atom. The second-order valence-corrected chi connectivity index (χ2v) is 7.53. The zero-order chi connectivity index (χ0) is 19.2. The van der Waals surface area contributed by atoms with Crippen molar-refractivity contribution in [2.45, 2.75) is 30.3 Å². The number of aliphatic imine (C=N–C) groups is 1. The molecule has 0 bridgehead atoms. The van der Waals surface area contributed by atoms with Gasteiger partial charge in [-0.1, -0.05) is 0 Å².